The molecule has 8 heteroatoms. The van der Waals surface area contributed by atoms with E-state index in [9.17, 15) is 0 Å². The SMILES string of the molecule is CCCCOc1ccc([Si](c2ccc(OCCCC)cc2)(c2ccc(OCCCC)cc2)[Si](c2ccc(OCCCC)cc2)(c2ccc(OCCCC)cc2)c2ccc(OCCCC)cc2)cc1. The highest BCUT2D eigenvalue weighted by Crippen LogP contribution is 2.28. The van der Waals surface area contributed by atoms with Gasteiger partial charge in [0, 0.05) is 0 Å². The smallest absolute Gasteiger partial charge is 0.154 e. The first-order valence-electron chi connectivity index (χ1n) is 25.9. The van der Waals surface area contributed by atoms with Gasteiger partial charge in [-0.25, -0.2) is 0 Å². The van der Waals surface area contributed by atoms with E-state index >= 15 is 0 Å². The third kappa shape index (κ3) is 12.8. The van der Waals surface area contributed by atoms with Gasteiger partial charge in [0.15, 0.2) is 15.2 Å². The van der Waals surface area contributed by atoms with E-state index in [4.69, 9.17) is 28.4 Å². The van der Waals surface area contributed by atoms with Crippen molar-refractivity contribution in [3.8, 4) is 34.5 Å². The van der Waals surface area contributed by atoms with Crippen LogP contribution >= 0.6 is 0 Å². The van der Waals surface area contributed by atoms with Crippen molar-refractivity contribution in [3.63, 3.8) is 0 Å². The van der Waals surface area contributed by atoms with Gasteiger partial charge in [-0.3, -0.25) is 0 Å². The summed E-state index contributed by atoms with van der Waals surface area (Å²) in [7, 11) is -6.81. The molecule has 0 spiro atoms. The maximum atomic E-state index is 6.40. The van der Waals surface area contributed by atoms with Gasteiger partial charge in [0.05, 0.1) is 39.6 Å². The Labute approximate surface area is 411 Å². The lowest BCUT2D eigenvalue weighted by atomic mass is 10.3. The van der Waals surface area contributed by atoms with Gasteiger partial charge in [-0.1, -0.05) is 184 Å². The van der Waals surface area contributed by atoms with E-state index < -0.39 is 15.2 Å². The topological polar surface area (TPSA) is 55.4 Å². The Bertz CT molecular complexity index is 1870. The molecule has 0 N–H and O–H groups in total. The number of hydrogen-bond acceptors (Lipinski definition) is 6. The zero-order valence-corrected chi connectivity index (χ0v) is 44.0. The van der Waals surface area contributed by atoms with E-state index in [0.29, 0.717) is 39.6 Å². The fraction of sp³-hybridized carbons (Fsp3) is 0.400. The Morgan fingerprint density at radius 2 is 0.353 bits per heavy atom. The van der Waals surface area contributed by atoms with Gasteiger partial charge in [0.1, 0.15) is 34.5 Å². The van der Waals surface area contributed by atoms with Crippen LogP contribution in [0, 0.1) is 0 Å². The van der Waals surface area contributed by atoms with Crippen LogP contribution in [0.4, 0.5) is 0 Å². The second-order valence-electron chi connectivity index (χ2n) is 17.9. The quantitative estimate of drug-likeness (QED) is 0.0246. The number of rotatable bonds is 31. The van der Waals surface area contributed by atoms with Gasteiger partial charge < -0.3 is 28.4 Å². The molecule has 0 heterocycles. The Kier molecular flexibility index (Phi) is 21.0. The van der Waals surface area contributed by atoms with E-state index in [-0.39, 0.29) is 0 Å². The molecular formula is C60H78O6Si2. The van der Waals surface area contributed by atoms with Crippen molar-refractivity contribution in [2.24, 2.45) is 0 Å². The number of benzene rings is 6. The van der Waals surface area contributed by atoms with E-state index in [1.54, 1.807) is 0 Å². The molecule has 0 radical (unpaired) electrons. The summed E-state index contributed by atoms with van der Waals surface area (Å²) >= 11 is 0. The van der Waals surface area contributed by atoms with Crippen LogP contribution in [0.15, 0.2) is 146 Å². The Morgan fingerprint density at radius 3 is 0.471 bits per heavy atom. The molecule has 0 unspecified atom stereocenters. The first-order valence-corrected chi connectivity index (χ1v) is 30.9. The average Bonchev–Trinajstić information content (AvgIpc) is 3.38. The lowest BCUT2D eigenvalue weighted by Crippen LogP contribution is -2.94. The predicted molar refractivity (Wildman–Crippen MR) is 290 cm³/mol. The summed E-state index contributed by atoms with van der Waals surface area (Å²) in [5, 5.41) is 7.76. The average molecular weight is 951 g/mol. The van der Waals surface area contributed by atoms with Crippen molar-refractivity contribution in [2.75, 3.05) is 39.6 Å². The minimum atomic E-state index is -3.41. The minimum absolute atomic E-state index is 0.683. The maximum Gasteiger partial charge on any atom is 0.154 e. The normalized spacial score (nSPS) is 11.6. The molecular weight excluding hydrogens is 873 g/mol. The first-order chi connectivity index (χ1) is 33.5. The van der Waals surface area contributed by atoms with Crippen molar-refractivity contribution >= 4 is 46.3 Å². The highest BCUT2D eigenvalue weighted by Gasteiger charge is 2.61. The standard InChI is InChI=1S/C60H78O6Si2/c1-7-13-43-61-49-19-31-55(32-20-49)67(56-33-21-50(22-34-56)62-44-14-8-2,57-35-23-51(24-36-57)63-45-15-9-3)68(58-37-25-52(26-38-58)64-46-16-10-4,59-39-27-53(28-40-59)65-47-17-11-5)60-41-29-54(30-42-60)66-48-18-12-6/h19-42H,7-18,43-48H2,1-6H3. The lowest BCUT2D eigenvalue weighted by molar-refractivity contribution is 0.309. The van der Waals surface area contributed by atoms with E-state index in [1.807, 2.05) is 0 Å². The second-order valence-corrected chi connectivity index (χ2v) is 28.8. The van der Waals surface area contributed by atoms with Gasteiger partial charge in [-0.2, -0.15) is 0 Å². The minimum Gasteiger partial charge on any atom is -0.494 e. The first kappa shape index (κ1) is 51.9. The maximum absolute atomic E-state index is 6.40. The van der Waals surface area contributed by atoms with Crippen molar-refractivity contribution in [3.05, 3.63) is 146 Å². The van der Waals surface area contributed by atoms with Crippen LogP contribution in [0.2, 0.25) is 0 Å². The molecule has 0 atom stereocenters. The number of unbranched alkanes of at least 4 members (excludes halogenated alkanes) is 6. The third-order valence-electron chi connectivity index (χ3n) is 12.9. The Hall–Kier alpha value is -5.45. The van der Waals surface area contributed by atoms with Gasteiger partial charge >= 0.3 is 0 Å². The number of hydrogen-bond donors (Lipinski definition) is 0. The molecule has 0 aliphatic heterocycles. The Morgan fingerprint density at radius 1 is 0.221 bits per heavy atom. The number of ether oxygens (including phenoxy) is 6. The molecule has 0 fully saturated rings. The molecule has 0 saturated heterocycles. The molecule has 0 saturated carbocycles. The van der Waals surface area contributed by atoms with Crippen molar-refractivity contribution < 1.29 is 28.4 Å². The fourth-order valence-electron chi connectivity index (χ4n) is 9.11. The molecule has 6 aromatic rings. The summed E-state index contributed by atoms with van der Waals surface area (Å²) in [6.45, 7) is 17.3. The fourth-order valence-corrected chi connectivity index (χ4v) is 28.5. The van der Waals surface area contributed by atoms with Crippen LogP contribution in [0.25, 0.3) is 0 Å². The summed E-state index contributed by atoms with van der Waals surface area (Å²) in [5.41, 5.74) is 0. The molecule has 6 aromatic carbocycles. The molecule has 0 bridgehead atoms. The van der Waals surface area contributed by atoms with E-state index in [0.717, 1.165) is 112 Å². The van der Waals surface area contributed by atoms with Gasteiger partial charge in [0.25, 0.3) is 0 Å². The molecule has 6 nitrogen and oxygen atoms in total. The van der Waals surface area contributed by atoms with Crippen molar-refractivity contribution in [1.29, 1.82) is 0 Å². The largest absolute Gasteiger partial charge is 0.494 e. The van der Waals surface area contributed by atoms with Gasteiger partial charge in [-0.05, 0) is 111 Å². The summed E-state index contributed by atoms with van der Waals surface area (Å²) in [4.78, 5) is 0. The van der Waals surface area contributed by atoms with Gasteiger partial charge in [0.2, 0.25) is 0 Å². The summed E-state index contributed by atoms with van der Waals surface area (Å²) in [6, 6.07) is 54.9. The summed E-state index contributed by atoms with van der Waals surface area (Å²) < 4.78 is 38.4. The van der Waals surface area contributed by atoms with Gasteiger partial charge in [-0.15, -0.1) is 0 Å². The van der Waals surface area contributed by atoms with Crippen LogP contribution in [-0.2, 0) is 0 Å². The monoisotopic (exact) mass is 951 g/mol. The lowest BCUT2D eigenvalue weighted by Gasteiger charge is -2.50. The molecule has 0 aliphatic rings. The zero-order chi connectivity index (χ0) is 47.9. The van der Waals surface area contributed by atoms with Crippen LogP contribution in [0.5, 0.6) is 34.5 Å². The van der Waals surface area contributed by atoms with Crippen molar-refractivity contribution in [2.45, 2.75) is 119 Å². The van der Waals surface area contributed by atoms with E-state index in [2.05, 4.69) is 187 Å². The summed E-state index contributed by atoms with van der Waals surface area (Å²) in [5.74, 6) is 5.29. The molecule has 0 aliphatic carbocycles. The van der Waals surface area contributed by atoms with Crippen molar-refractivity contribution in [1.82, 2.24) is 0 Å². The van der Waals surface area contributed by atoms with Crippen LogP contribution in [-0.4, -0.2) is 54.8 Å². The molecule has 0 amide bonds. The Balaban J connectivity index is 1.77. The second kappa shape index (κ2) is 27.5. The molecule has 68 heavy (non-hydrogen) atoms. The molecule has 0 aromatic heterocycles. The van der Waals surface area contributed by atoms with Crippen LogP contribution in [0.1, 0.15) is 119 Å². The molecule has 6 rings (SSSR count). The van der Waals surface area contributed by atoms with E-state index in [1.165, 1.54) is 31.1 Å². The predicted octanol–water partition coefficient (Wildman–Crippen LogP) is 11.5. The highest BCUT2D eigenvalue weighted by molar-refractivity contribution is 7.67. The summed E-state index contributed by atoms with van der Waals surface area (Å²) in [6.07, 6.45) is 12.5. The van der Waals surface area contributed by atoms with Crippen LogP contribution in [0.3, 0.4) is 0 Å². The molecule has 362 valence electrons. The highest BCUT2D eigenvalue weighted by atomic mass is 29.3. The third-order valence-corrected chi connectivity index (χ3v) is 29.8. The zero-order valence-electron chi connectivity index (χ0n) is 42.0. The van der Waals surface area contributed by atoms with Crippen LogP contribution < -0.4 is 59.5 Å².